The summed E-state index contributed by atoms with van der Waals surface area (Å²) in [6, 6.07) is 0. The molecule has 0 rings (SSSR count). The second-order valence-corrected chi connectivity index (χ2v) is 6.70. The second-order valence-electron chi connectivity index (χ2n) is 6.70. The summed E-state index contributed by atoms with van der Waals surface area (Å²) in [6.07, 6.45) is 11.7. The third-order valence-corrected chi connectivity index (χ3v) is 4.49. The quantitative estimate of drug-likeness (QED) is 0.288. The lowest BCUT2D eigenvalue weighted by Crippen LogP contribution is -2.26. The van der Waals surface area contributed by atoms with Gasteiger partial charge in [0.05, 0.1) is 11.8 Å². The van der Waals surface area contributed by atoms with Crippen LogP contribution < -0.4 is 0 Å². The Morgan fingerprint density at radius 2 is 0.870 bits per heavy atom. The minimum absolute atomic E-state index is 0.100. The summed E-state index contributed by atoms with van der Waals surface area (Å²) < 4.78 is 5.29. The van der Waals surface area contributed by atoms with Gasteiger partial charge in [0, 0.05) is 0 Å². The molecule has 0 aromatic rings. The Morgan fingerprint density at radius 3 is 1.09 bits per heavy atom. The van der Waals surface area contributed by atoms with Gasteiger partial charge in [0.2, 0.25) is 0 Å². The van der Waals surface area contributed by atoms with Crippen molar-refractivity contribution in [1.82, 2.24) is 0 Å². The van der Waals surface area contributed by atoms with E-state index in [-0.39, 0.29) is 23.8 Å². The maximum Gasteiger partial charge on any atom is 0.316 e. The number of rotatable bonds is 14. The Labute approximate surface area is 143 Å². The molecule has 0 bridgehead atoms. The van der Waals surface area contributed by atoms with Crippen LogP contribution >= 0.6 is 0 Å². The maximum absolute atomic E-state index is 12.4. The maximum atomic E-state index is 12.4. The van der Waals surface area contributed by atoms with Gasteiger partial charge < -0.3 is 4.74 Å². The molecule has 0 saturated carbocycles. The molecule has 0 heterocycles. The molecule has 3 heteroatoms. The lowest BCUT2D eigenvalue weighted by molar-refractivity contribution is -0.166. The Balaban J connectivity index is 4.58. The van der Waals surface area contributed by atoms with E-state index in [1.165, 1.54) is 0 Å². The Kier molecular flexibility index (Phi) is 14.2. The van der Waals surface area contributed by atoms with Crippen molar-refractivity contribution < 1.29 is 14.3 Å². The molecule has 3 nitrogen and oxygen atoms in total. The molecule has 0 N–H and O–H groups in total. The molecule has 0 atom stereocenters. The first-order valence-corrected chi connectivity index (χ1v) is 9.86. The molecule has 23 heavy (non-hydrogen) atoms. The van der Waals surface area contributed by atoms with Crippen molar-refractivity contribution in [2.75, 3.05) is 0 Å². The number of esters is 2. The monoisotopic (exact) mass is 326 g/mol. The molecule has 0 spiro atoms. The molecule has 0 amide bonds. The van der Waals surface area contributed by atoms with Crippen molar-refractivity contribution in [1.29, 1.82) is 0 Å². The van der Waals surface area contributed by atoms with Gasteiger partial charge in [0.15, 0.2) is 0 Å². The van der Waals surface area contributed by atoms with E-state index < -0.39 is 0 Å². The summed E-state index contributed by atoms with van der Waals surface area (Å²) >= 11 is 0. The van der Waals surface area contributed by atoms with Crippen molar-refractivity contribution in [3.63, 3.8) is 0 Å². The largest absolute Gasteiger partial charge is 0.393 e. The van der Waals surface area contributed by atoms with E-state index in [0.717, 1.165) is 77.0 Å². The molecule has 0 radical (unpaired) electrons. The Hall–Kier alpha value is -0.860. The predicted molar refractivity (Wildman–Crippen MR) is 96.2 cm³/mol. The molecule has 0 fully saturated rings. The second kappa shape index (κ2) is 14.7. The van der Waals surface area contributed by atoms with Crippen LogP contribution in [0.2, 0.25) is 0 Å². The van der Waals surface area contributed by atoms with Crippen molar-refractivity contribution in [3.05, 3.63) is 0 Å². The van der Waals surface area contributed by atoms with Crippen molar-refractivity contribution in [3.8, 4) is 0 Å². The molecular weight excluding hydrogens is 288 g/mol. The zero-order valence-corrected chi connectivity index (χ0v) is 15.9. The van der Waals surface area contributed by atoms with Gasteiger partial charge in [-0.05, 0) is 25.7 Å². The van der Waals surface area contributed by atoms with Crippen molar-refractivity contribution in [2.24, 2.45) is 11.8 Å². The van der Waals surface area contributed by atoms with E-state index in [9.17, 15) is 9.59 Å². The molecular formula is C20H38O3. The summed E-state index contributed by atoms with van der Waals surface area (Å²) in [4.78, 5) is 24.7. The molecule has 0 aromatic heterocycles. The van der Waals surface area contributed by atoms with E-state index in [2.05, 4.69) is 27.7 Å². The molecule has 0 aliphatic rings. The number of unbranched alkanes of at least 4 members (excludes halogenated alkanes) is 4. The van der Waals surface area contributed by atoms with E-state index in [4.69, 9.17) is 4.74 Å². The van der Waals surface area contributed by atoms with Gasteiger partial charge in [-0.2, -0.15) is 0 Å². The van der Waals surface area contributed by atoms with E-state index in [1.807, 2.05) is 0 Å². The minimum Gasteiger partial charge on any atom is -0.393 e. The van der Waals surface area contributed by atoms with E-state index in [0.29, 0.717) is 0 Å². The fraction of sp³-hybridized carbons (Fsp3) is 0.900. The van der Waals surface area contributed by atoms with Crippen LogP contribution in [0.25, 0.3) is 0 Å². The SMILES string of the molecule is CCCCC(CCCC)C(=O)OC(=O)C(CCCC)CCCC. The number of hydrogen-bond acceptors (Lipinski definition) is 3. The number of carbonyl (C=O) groups is 2. The summed E-state index contributed by atoms with van der Waals surface area (Å²) in [5.41, 5.74) is 0. The predicted octanol–water partition coefficient (Wildman–Crippen LogP) is 6.05. The number of hydrogen-bond donors (Lipinski definition) is 0. The Bertz CT molecular complexity index is 266. The Morgan fingerprint density at radius 1 is 0.609 bits per heavy atom. The van der Waals surface area contributed by atoms with Crippen LogP contribution in [0.15, 0.2) is 0 Å². The smallest absolute Gasteiger partial charge is 0.316 e. The van der Waals surface area contributed by atoms with Gasteiger partial charge in [0.1, 0.15) is 0 Å². The molecule has 0 aliphatic heterocycles. The van der Waals surface area contributed by atoms with Crippen LogP contribution in [0.4, 0.5) is 0 Å². The molecule has 136 valence electrons. The summed E-state index contributed by atoms with van der Waals surface area (Å²) in [5, 5.41) is 0. The zero-order valence-electron chi connectivity index (χ0n) is 15.9. The molecule has 0 saturated heterocycles. The first kappa shape index (κ1) is 22.1. The summed E-state index contributed by atoms with van der Waals surface area (Å²) in [7, 11) is 0. The average molecular weight is 327 g/mol. The molecule has 0 aromatic carbocycles. The van der Waals surface area contributed by atoms with Crippen molar-refractivity contribution >= 4 is 11.9 Å². The lowest BCUT2D eigenvalue weighted by Gasteiger charge is -2.18. The summed E-state index contributed by atoms with van der Waals surface area (Å²) in [6.45, 7) is 8.50. The van der Waals surface area contributed by atoms with Gasteiger partial charge in [0.25, 0.3) is 0 Å². The first-order valence-electron chi connectivity index (χ1n) is 9.86. The van der Waals surface area contributed by atoms with Crippen LogP contribution in [-0.4, -0.2) is 11.9 Å². The summed E-state index contributed by atoms with van der Waals surface area (Å²) in [5.74, 6) is -0.765. The lowest BCUT2D eigenvalue weighted by atomic mass is 9.95. The standard InChI is InChI=1S/C20H38O3/c1-5-9-13-17(14-10-6-2)19(21)23-20(22)18(15-11-7-3)16-12-8-4/h17-18H,5-16H2,1-4H3. The van der Waals surface area contributed by atoms with Crippen LogP contribution in [0.1, 0.15) is 105 Å². The third-order valence-electron chi connectivity index (χ3n) is 4.49. The highest BCUT2D eigenvalue weighted by atomic mass is 16.6. The van der Waals surface area contributed by atoms with Crippen LogP contribution in [0.5, 0.6) is 0 Å². The van der Waals surface area contributed by atoms with Crippen LogP contribution in [-0.2, 0) is 14.3 Å². The highest BCUT2D eigenvalue weighted by Crippen LogP contribution is 2.22. The third kappa shape index (κ3) is 10.5. The fourth-order valence-corrected chi connectivity index (χ4v) is 2.83. The number of carbonyl (C=O) groups excluding carboxylic acids is 2. The average Bonchev–Trinajstić information content (AvgIpc) is 2.54. The fourth-order valence-electron chi connectivity index (χ4n) is 2.83. The molecule has 0 aliphatic carbocycles. The topological polar surface area (TPSA) is 43.4 Å². The van der Waals surface area contributed by atoms with Crippen LogP contribution in [0, 0.1) is 11.8 Å². The first-order chi connectivity index (χ1) is 11.1. The minimum atomic E-state index is -0.283. The highest BCUT2D eigenvalue weighted by Gasteiger charge is 2.26. The van der Waals surface area contributed by atoms with Gasteiger partial charge in [-0.1, -0.05) is 79.1 Å². The van der Waals surface area contributed by atoms with E-state index in [1.54, 1.807) is 0 Å². The zero-order chi connectivity index (χ0) is 17.5. The van der Waals surface area contributed by atoms with Crippen LogP contribution in [0.3, 0.4) is 0 Å². The van der Waals surface area contributed by atoms with Crippen molar-refractivity contribution in [2.45, 2.75) is 105 Å². The normalized spacial score (nSPS) is 11.2. The van der Waals surface area contributed by atoms with E-state index >= 15 is 0 Å². The highest BCUT2D eigenvalue weighted by molar-refractivity contribution is 5.87. The van der Waals surface area contributed by atoms with Gasteiger partial charge in [-0.15, -0.1) is 0 Å². The molecule has 0 unspecified atom stereocenters. The van der Waals surface area contributed by atoms with Gasteiger partial charge in [-0.25, -0.2) is 0 Å². The number of ether oxygens (including phenoxy) is 1. The van der Waals surface area contributed by atoms with Gasteiger partial charge >= 0.3 is 11.9 Å². The van der Waals surface area contributed by atoms with Gasteiger partial charge in [-0.3, -0.25) is 9.59 Å².